The third kappa shape index (κ3) is 3.61. The van der Waals surface area contributed by atoms with Gasteiger partial charge in [-0.05, 0) is 16.8 Å². The SMILES string of the molecule is O=C(O)Cn1nnc(-c2cc(N3CCC4(CC3)Cc3cccc(Cl)c3C(=O)O4)no2)n1. The maximum Gasteiger partial charge on any atom is 0.340 e. The largest absolute Gasteiger partial charge is 0.480 e. The Morgan fingerprint density at radius 3 is 2.87 bits per heavy atom. The molecule has 4 heterocycles. The second-order valence-corrected chi connectivity index (χ2v) is 8.00. The molecule has 160 valence electrons. The van der Waals surface area contributed by atoms with Crippen molar-refractivity contribution in [2.45, 2.75) is 31.4 Å². The van der Waals surface area contributed by atoms with Gasteiger partial charge in [-0.25, -0.2) is 4.79 Å². The van der Waals surface area contributed by atoms with Gasteiger partial charge < -0.3 is 19.3 Å². The number of aromatic nitrogens is 5. The Balaban J connectivity index is 1.28. The Morgan fingerprint density at radius 2 is 2.10 bits per heavy atom. The number of hydrogen-bond donors (Lipinski definition) is 1. The van der Waals surface area contributed by atoms with E-state index >= 15 is 0 Å². The summed E-state index contributed by atoms with van der Waals surface area (Å²) in [5.41, 5.74) is 0.817. The van der Waals surface area contributed by atoms with E-state index in [0.717, 1.165) is 10.4 Å². The predicted molar refractivity (Wildman–Crippen MR) is 106 cm³/mol. The van der Waals surface area contributed by atoms with Gasteiger partial charge in [0, 0.05) is 38.4 Å². The third-order valence-corrected chi connectivity index (χ3v) is 5.89. The summed E-state index contributed by atoms with van der Waals surface area (Å²) in [7, 11) is 0. The van der Waals surface area contributed by atoms with Crippen LogP contribution in [-0.2, 0) is 22.5 Å². The lowest BCUT2D eigenvalue weighted by Gasteiger charge is -2.43. The molecule has 31 heavy (non-hydrogen) atoms. The van der Waals surface area contributed by atoms with Gasteiger partial charge in [-0.1, -0.05) is 28.9 Å². The normalized spacial score (nSPS) is 17.5. The van der Waals surface area contributed by atoms with E-state index in [0.29, 0.717) is 54.5 Å². The standard InChI is InChI=1S/C19H17ClN6O5/c20-12-3-1-2-11-9-19(30-18(29)16(11)12)4-6-25(7-5-19)14-8-13(31-23-14)17-21-24-26(22-17)10-15(27)28/h1-3,8H,4-7,9-10H2,(H,27,28). The highest BCUT2D eigenvalue weighted by atomic mass is 35.5. The summed E-state index contributed by atoms with van der Waals surface area (Å²) in [5.74, 6) is -0.398. The average Bonchev–Trinajstić information content (AvgIpc) is 3.37. The first kappa shape index (κ1) is 19.5. The number of carbonyl (C=O) groups is 2. The van der Waals surface area contributed by atoms with Crippen molar-refractivity contribution in [1.82, 2.24) is 25.4 Å². The smallest absolute Gasteiger partial charge is 0.340 e. The van der Waals surface area contributed by atoms with Gasteiger partial charge in [0.15, 0.2) is 12.4 Å². The molecule has 12 heteroatoms. The fourth-order valence-electron chi connectivity index (χ4n) is 4.05. The van der Waals surface area contributed by atoms with E-state index in [1.807, 2.05) is 17.0 Å². The van der Waals surface area contributed by atoms with Gasteiger partial charge in [-0.3, -0.25) is 4.79 Å². The van der Waals surface area contributed by atoms with Crippen LogP contribution < -0.4 is 4.90 Å². The van der Waals surface area contributed by atoms with Crippen LogP contribution in [0.2, 0.25) is 5.02 Å². The number of tetrazole rings is 1. The van der Waals surface area contributed by atoms with Crippen LogP contribution in [0.4, 0.5) is 5.82 Å². The van der Waals surface area contributed by atoms with Gasteiger partial charge in [0.2, 0.25) is 11.6 Å². The second-order valence-electron chi connectivity index (χ2n) is 7.60. The zero-order valence-corrected chi connectivity index (χ0v) is 16.9. The summed E-state index contributed by atoms with van der Waals surface area (Å²) in [6.07, 6.45) is 1.91. The molecule has 11 nitrogen and oxygen atoms in total. The minimum Gasteiger partial charge on any atom is -0.480 e. The summed E-state index contributed by atoms with van der Waals surface area (Å²) in [6, 6.07) is 7.14. The van der Waals surface area contributed by atoms with Gasteiger partial charge in [0.05, 0.1) is 10.6 Å². The van der Waals surface area contributed by atoms with Gasteiger partial charge in [-0.15, -0.1) is 10.2 Å². The number of carboxylic acids is 1. The van der Waals surface area contributed by atoms with E-state index in [9.17, 15) is 9.59 Å². The number of ether oxygens (including phenoxy) is 1. The van der Waals surface area contributed by atoms with Crippen molar-refractivity contribution in [3.63, 3.8) is 0 Å². The second kappa shape index (κ2) is 7.34. The fraction of sp³-hybridized carbons (Fsp3) is 0.368. The number of fused-ring (bicyclic) bond motifs is 1. The molecule has 1 spiro atoms. The summed E-state index contributed by atoms with van der Waals surface area (Å²) < 4.78 is 11.2. The van der Waals surface area contributed by atoms with Crippen LogP contribution in [-0.4, -0.2) is 61.1 Å². The van der Waals surface area contributed by atoms with Crippen molar-refractivity contribution in [2.24, 2.45) is 0 Å². The van der Waals surface area contributed by atoms with E-state index in [4.69, 9.17) is 26.0 Å². The molecule has 0 amide bonds. The van der Waals surface area contributed by atoms with Gasteiger partial charge in [-0.2, -0.15) is 4.80 Å². The van der Waals surface area contributed by atoms with Crippen LogP contribution in [0.5, 0.6) is 0 Å². The lowest BCUT2D eigenvalue weighted by Crippen LogP contribution is -2.50. The molecule has 2 aromatic heterocycles. The fourth-order valence-corrected chi connectivity index (χ4v) is 4.32. The first-order valence-corrected chi connectivity index (χ1v) is 10.0. The zero-order valence-electron chi connectivity index (χ0n) is 16.2. The van der Waals surface area contributed by atoms with Gasteiger partial charge in [0.25, 0.3) is 0 Å². The number of aliphatic carboxylic acids is 1. The Morgan fingerprint density at radius 1 is 1.29 bits per heavy atom. The Hall–Kier alpha value is -3.47. The Kier molecular flexibility index (Phi) is 4.62. The molecule has 5 rings (SSSR count). The van der Waals surface area contributed by atoms with Gasteiger partial charge >= 0.3 is 11.9 Å². The molecule has 3 aromatic rings. The number of anilines is 1. The van der Waals surface area contributed by atoms with E-state index in [-0.39, 0.29) is 11.8 Å². The lowest BCUT2D eigenvalue weighted by atomic mass is 9.81. The molecule has 1 saturated heterocycles. The topological polar surface area (TPSA) is 136 Å². The zero-order chi connectivity index (χ0) is 21.6. The molecule has 1 N–H and O–H groups in total. The molecule has 0 unspecified atom stereocenters. The maximum atomic E-state index is 12.6. The van der Waals surface area contributed by atoms with E-state index in [1.165, 1.54) is 0 Å². The van der Waals surface area contributed by atoms with Crippen molar-refractivity contribution < 1.29 is 24.0 Å². The highest BCUT2D eigenvalue weighted by molar-refractivity contribution is 6.33. The highest BCUT2D eigenvalue weighted by Gasteiger charge is 2.43. The van der Waals surface area contributed by atoms with E-state index < -0.39 is 18.1 Å². The predicted octanol–water partition coefficient (Wildman–Crippen LogP) is 1.82. The first-order chi connectivity index (χ1) is 14.9. The number of halogens is 1. The molecule has 0 aliphatic carbocycles. The molecule has 0 saturated carbocycles. The van der Waals surface area contributed by atoms with Crippen molar-refractivity contribution in [1.29, 1.82) is 0 Å². The minimum absolute atomic E-state index is 0.156. The summed E-state index contributed by atoms with van der Waals surface area (Å²) in [5, 5.41) is 24.7. The van der Waals surface area contributed by atoms with E-state index in [1.54, 1.807) is 12.1 Å². The number of benzene rings is 1. The third-order valence-electron chi connectivity index (χ3n) is 5.57. The summed E-state index contributed by atoms with van der Waals surface area (Å²) in [4.78, 5) is 26.3. The molecule has 1 aromatic carbocycles. The molecule has 1 fully saturated rings. The molecular formula is C19H17ClN6O5. The molecule has 2 aliphatic heterocycles. The summed E-state index contributed by atoms with van der Waals surface area (Å²) in [6.45, 7) is 0.845. The minimum atomic E-state index is -1.07. The Labute approximate surface area is 180 Å². The number of carbonyl (C=O) groups excluding carboxylic acids is 1. The van der Waals surface area contributed by atoms with E-state index in [2.05, 4.69) is 20.6 Å². The molecule has 0 bridgehead atoms. The number of rotatable bonds is 4. The number of piperidine rings is 1. The quantitative estimate of drug-likeness (QED) is 0.593. The van der Waals surface area contributed by atoms with Crippen LogP contribution in [0.1, 0.15) is 28.8 Å². The molecule has 0 atom stereocenters. The van der Waals surface area contributed by atoms with Crippen molar-refractivity contribution in [3.8, 4) is 11.6 Å². The number of carboxylic acid groups (broad SMARTS) is 1. The van der Waals surface area contributed by atoms with Crippen LogP contribution >= 0.6 is 11.6 Å². The monoisotopic (exact) mass is 444 g/mol. The van der Waals surface area contributed by atoms with Crippen LogP contribution in [0, 0.1) is 0 Å². The number of nitrogens with zero attached hydrogens (tertiary/aromatic N) is 6. The summed E-state index contributed by atoms with van der Waals surface area (Å²) >= 11 is 6.17. The van der Waals surface area contributed by atoms with Gasteiger partial charge in [0.1, 0.15) is 5.60 Å². The van der Waals surface area contributed by atoms with Crippen molar-refractivity contribution in [2.75, 3.05) is 18.0 Å². The van der Waals surface area contributed by atoms with Crippen LogP contribution in [0.25, 0.3) is 11.6 Å². The van der Waals surface area contributed by atoms with Crippen LogP contribution in [0.3, 0.4) is 0 Å². The molecule has 2 aliphatic rings. The highest BCUT2D eigenvalue weighted by Crippen LogP contribution is 2.39. The molecular weight excluding hydrogens is 428 g/mol. The van der Waals surface area contributed by atoms with Crippen molar-refractivity contribution >= 4 is 29.4 Å². The van der Waals surface area contributed by atoms with Crippen LogP contribution in [0.15, 0.2) is 28.8 Å². The van der Waals surface area contributed by atoms with Crippen molar-refractivity contribution in [3.05, 3.63) is 40.4 Å². The maximum absolute atomic E-state index is 12.6. The first-order valence-electron chi connectivity index (χ1n) is 9.65. The number of esters is 1. The Bertz CT molecular complexity index is 1170. The average molecular weight is 445 g/mol. The number of hydrogen-bond acceptors (Lipinski definition) is 9. The lowest BCUT2D eigenvalue weighted by molar-refractivity contribution is -0.138. The molecule has 0 radical (unpaired) electrons.